The number of halogens is 4. The third-order valence-electron chi connectivity index (χ3n) is 6.23. The SMILES string of the molecule is CC(C)(OC(=O)Nc1ccc2c(c1)N(S(=O)(=O)c1ccc(F)cc1)C[C@H](CNC(=O)C1(N)COC1)O2)C(F)(F)F. The van der Waals surface area contributed by atoms with Crippen LogP contribution < -0.4 is 25.4 Å². The molecule has 16 heteroatoms. The first kappa shape index (κ1) is 29.4. The number of ether oxygens (including phenoxy) is 3. The molecule has 40 heavy (non-hydrogen) atoms. The van der Waals surface area contributed by atoms with E-state index in [1.165, 1.54) is 18.2 Å². The van der Waals surface area contributed by atoms with Crippen molar-refractivity contribution in [1.82, 2.24) is 5.32 Å². The number of benzene rings is 2. The topological polar surface area (TPSA) is 149 Å². The number of anilines is 2. The van der Waals surface area contributed by atoms with Gasteiger partial charge in [-0.2, -0.15) is 13.2 Å². The van der Waals surface area contributed by atoms with E-state index in [2.05, 4.69) is 15.4 Å². The summed E-state index contributed by atoms with van der Waals surface area (Å²) in [5.41, 5.74) is 1.76. The van der Waals surface area contributed by atoms with Gasteiger partial charge in [-0.25, -0.2) is 17.6 Å². The van der Waals surface area contributed by atoms with Crippen molar-refractivity contribution >= 4 is 33.4 Å². The molecule has 0 bridgehead atoms. The first-order chi connectivity index (χ1) is 18.5. The molecule has 0 saturated carbocycles. The average Bonchev–Trinajstić information content (AvgIpc) is 2.84. The van der Waals surface area contributed by atoms with E-state index < -0.39 is 51.3 Å². The summed E-state index contributed by atoms with van der Waals surface area (Å²) in [5, 5.41) is 4.76. The lowest BCUT2D eigenvalue weighted by Crippen LogP contribution is -2.67. The van der Waals surface area contributed by atoms with Crippen LogP contribution in [0.2, 0.25) is 0 Å². The molecular weight excluding hydrogens is 564 g/mol. The van der Waals surface area contributed by atoms with Gasteiger partial charge in [0.2, 0.25) is 11.5 Å². The molecule has 0 unspecified atom stereocenters. The summed E-state index contributed by atoms with van der Waals surface area (Å²) < 4.78 is 96.2. The van der Waals surface area contributed by atoms with Crippen LogP contribution in [0.5, 0.6) is 5.75 Å². The molecule has 2 aliphatic rings. The molecule has 0 radical (unpaired) electrons. The number of carbonyl (C=O) groups is 2. The minimum Gasteiger partial charge on any atom is -0.484 e. The predicted molar refractivity (Wildman–Crippen MR) is 133 cm³/mol. The van der Waals surface area contributed by atoms with Crippen LogP contribution in [-0.2, 0) is 24.3 Å². The highest BCUT2D eigenvalue weighted by Gasteiger charge is 2.51. The lowest BCUT2D eigenvalue weighted by Gasteiger charge is -2.38. The van der Waals surface area contributed by atoms with Crippen molar-refractivity contribution in [3.8, 4) is 5.75 Å². The monoisotopic (exact) mass is 590 g/mol. The first-order valence-electron chi connectivity index (χ1n) is 11.8. The Labute approximate surface area is 226 Å². The highest BCUT2D eigenvalue weighted by molar-refractivity contribution is 7.92. The van der Waals surface area contributed by atoms with Gasteiger partial charge in [0.15, 0.2) is 0 Å². The summed E-state index contributed by atoms with van der Waals surface area (Å²) in [6, 6.07) is 7.78. The molecule has 2 amide bonds. The highest BCUT2D eigenvalue weighted by Crippen LogP contribution is 2.39. The van der Waals surface area contributed by atoms with E-state index in [9.17, 15) is 35.6 Å². The van der Waals surface area contributed by atoms with Crippen molar-refractivity contribution in [3.63, 3.8) is 0 Å². The van der Waals surface area contributed by atoms with Gasteiger partial charge in [-0.3, -0.25) is 14.4 Å². The predicted octanol–water partition coefficient (Wildman–Crippen LogP) is 2.52. The largest absolute Gasteiger partial charge is 0.484 e. The van der Waals surface area contributed by atoms with Gasteiger partial charge in [0, 0.05) is 5.69 Å². The molecular formula is C24H26F4N4O7S. The second-order valence-electron chi connectivity index (χ2n) is 9.79. The van der Waals surface area contributed by atoms with E-state index in [0.717, 1.165) is 28.6 Å². The molecule has 4 rings (SSSR count). The van der Waals surface area contributed by atoms with Gasteiger partial charge in [0.05, 0.1) is 36.9 Å². The number of alkyl halides is 3. The third kappa shape index (κ3) is 5.93. The van der Waals surface area contributed by atoms with Crippen molar-refractivity contribution in [2.75, 3.05) is 35.9 Å². The summed E-state index contributed by atoms with van der Waals surface area (Å²) in [7, 11) is -4.34. The number of rotatable bonds is 7. The molecule has 218 valence electrons. The van der Waals surface area contributed by atoms with Crippen LogP contribution in [0.15, 0.2) is 47.4 Å². The number of nitrogens with zero attached hydrogens (tertiary/aromatic N) is 1. The number of amides is 2. The summed E-state index contributed by atoms with van der Waals surface area (Å²) in [5.74, 6) is -1.15. The number of nitrogens with one attached hydrogen (secondary N) is 2. The van der Waals surface area contributed by atoms with Crippen molar-refractivity contribution in [2.45, 2.75) is 42.2 Å². The van der Waals surface area contributed by atoms with Gasteiger partial charge in [-0.15, -0.1) is 0 Å². The second kappa shape index (κ2) is 10.4. The van der Waals surface area contributed by atoms with E-state index in [4.69, 9.17) is 15.2 Å². The quantitative estimate of drug-likeness (QED) is 0.417. The van der Waals surface area contributed by atoms with E-state index >= 15 is 0 Å². The van der Waals surface area contributed by atoms with E-state index in [1.807, 2.05) is 0 Å². The fourth-order valence-corrected chi connectivity index (χ4v) is 5.22. The fraction of sp³-hybridized carbons (Fsp3) is 0.417. The minimum absolute atomic E-state index is 0.0244. The lowest BCUT2D eigenvalue weighted by atomic mass is 9.98. The van der Waals surface area contributed by atoms with Gasteiger partial charge in [0.25, 0.3) is 10.0 Å². The zero-order valence-corrected chi connectivity index (χ0v) is 22.1. The molecule has 0 spiro atoms. The molecule has 0 aliphatic carbocycles. The summed E-state index contributed by atoms with van der Waals surface area (Å²) >= 11 is 0. The lowest BCUT2D eigenvalue weighted by molar-refractivity contribution is -0.242. The zero-order chi connectivity index (χ0) is 29.5. The van der Waals surface area contributed by atoms with Gasteiger partial charge in [-0.05, 0) is 56.3 Å². The molecule has 1 atom stereocenters. The molecule has 2 heterocycles. The molecule has 0 aromatic heterocycles. The van der Waals surface area contributed by atoms with E-state index in [0.29, 0.717) is 13.8 Å². The molecule has 2 aliphatic heterocycles. The summed E-state index contributed by atoms with van der Waals surface area (Å²) in [4.78, 5) is 24.3. The Morgan fingerprint density at radius 2 is 1.80 bits per heavy atom. The Morgan fingerprint density at radius 3 is 2.38 bits per heavy atom. The fourth-order valence-electron chi connectivity index (χ4n) is 3.73. The number of sulfonamides is 1. The Morgan fingerprint density at radius 1 is 1.15 bits per heavy atom. The van der Waals surface area contributed by atoms with Crippen LogP contribution >= 0.6 is 0 Å². The number of hydrogen-bond donors (Lipinski definition) is 3. The Balaban J connectivity index is 1.61. The van der Waals surface area contributed by atoms with Crippen LogP contribution in [0.4, 0.5) is 33.7 Å². The van der Waals surface area contributed by atoms with E-state index in [-0.39, 0.29) is 48.3 Å². The summed E-state index contributed by atoms with van der Waals surface area (Å²) in [6.07, 6.45) is -7.16. The zero-order valence-electron chi connectivity index (χ0n) is 21.2. The number of nitrogens with two attached hydrogens (primary N) is 1. The van der Waals surface area contributed by atoms with Crippen molar-refractivity contribution < 1.29 is 49.8 Å². The Bertz CT molecular complexity index is 1400. The normalized spacial score (nSPS) is 18.6. The Kier molecular flexibility index (Phi) is 7.64. The molecule has 2 aromatic carbocycles. The second-order valence-corrected chi connectivity index (χ2v) is 11.7. The minimum atomic E-state index is -4.84. The third-order valence-corrected chi connectivity index (χ3v) is 8.02. The van der Waals surface area contributed by atoms with Gasteiger partial charge in [-0.1, -0.05) is 0 Å². The standard InChI is InChI=1S/C24H26F4N4O7S/c1-22(2,24(26,27)28)39-21(34)31-15-5-8-19-18(9-15)32(40(35,36)17-6-3-14(25)4-7-17)11-16(38-19)10-30-20(33)23(29)12-37-13-23/h3-9,16H,10-13,29H2,1-2H3,(H,30,33)(H,31,34)/t16-/m0/s1. The molecule has 11 nitrogen and oxygen atoms in total. The summed E-state index contributed by atoms with van der Waals surface area (Å²) in [6.45, 7) is 0.941. The molecule has 4 N–H and O–H groups in total. The highest BCUT2D eigenvalue weighted by atomic mass is 32.2. The van der Waals surface area contributed by atoms with Gasteiger partial charge >= 0.3 is 12.3 Å². The number of carbonyl (C=O) groups excluding carboxylic acids is 2. The maximum Gasteiger partial charge on any atom is 0.427 e. The van der Waals surface area contributed by atoms with Crippen LogP contribution in [0.25, 0.3) is 0 Å². The Hall–Kier alpha value is -3.63. The molecule has 1 saturated heterocycles. The average molecular weight is 591 g/mol. The van der Waals surface area contributed by atoms with Crippen LogP contribution in [0, 0.1) is 5.82 Å². The maximum absolute atomic E-state index is 13.6. The molecule has 1 fully saturated rings. The van der Waals surface area contributed by atoms with Crippen LogP contribution in [-0.4, -0.2) is 70.1 Å². The first-order valence-corrected chi connectivity index (χ1v) is 13.3. The van der Waals surface area contributed by atoms with Gasteiger partial charge < -0.3 is 25.3 Å². The van der Waals surface area contributed by atoms with E-state index in [1.54, 1.807) is 0 Å². The van der Waals surface area contributed by atoms with Crippen molar-refractivity contribution in [1.29, 1.82) is 0 Å². The number of fused-ring (bicyclic) bond motifs is 1. The van der Waals surface area contributed by atoms with Crippen molar-refractivity contribution in [2.24, 2.45) is 5.73 Å². The number of hydrogen-bond acceptors (Lipinski definition) is 8. The van der Waals surface area contributed by atoms with Crippen molar-refractivity contribution in [3.05, 3.63) is 48.3 Å². The van der Waals surface area contributed by atoms with Crippen LogP contribution in [0.3, 0.4) is 0 Å². The van der Waals surface area contributed by atoms with Crippen LogP contribution in [0.1, 0.15) is 13.8 Å². The smallest absolute Gasteiger partial charge is 0.427 e. The van der Waals surface area contributed by atoms with Gasteiger partial charge in [0.1, 0.15) is 23.2 Å². The maximum atomic E-state index is 13.6. The molecule has 2 aromatic rings.